The molecule has 2 rings (SSSR count). The van der Waals surface area contributed by atoms with E-state index in [1.807, 2.05) is 6.07 Å². The van der Waals surface area contributed by atoms with Crippen molar-refractivity contribution in [2.24, 2.45) is 0 Å². The molecule has 1 aromatic carbocycles. The average molecular weight is 266 g/mol. The molecule has 0 aliphatic rings. The molecule has 0 saturated carbocycles. The lowest BCUT2D eigenvalue weighted by molar-refractivity contribution is 1.39. The number of alkyl halides is 1. The van der Waals surface area contributed by atoms with Gasteiger partial charge in [0.1, 0.15) is 0 Å². The number of rotatable bonds is 1. The summed E-state index contributed by atoms with van der Waals surface area (Å²) in [4.78, 5) is 0. The summed E-state index contributed by atoms with van der Waals surface area (Å²) in [6.45, 7) is 2.08. The lowest BCUT2D eigenvalue weighted by Gasteiger charge is -2.00. The molecule has 0 bridgehead atoms. The first-order valence-electron chi connectivity index (χ1n) is 4.23. The van der Waals surface area contributed by atoms with Crippen LogP contribution in [0.4, 0.5) is 0 Å². The number of hydrogen-bond acceptors (Lipinski definition) is 2. The van der Waals surface area contributed by atoms with E-state index in [0.717, 1.165) is 16.5 Å². The van der Waals surface area contributed by atoms with Gasteiger partial charge in [-0.15, -0.1) is 11.3 Å². The van der Waals surface area contributed by atoms with Crippen molar-refractivity contribution in [1.82, 2.24) is 0 Å². The molecule has 1 heterocycles. The minimum Gasteiger partial charge on any atom is -0.192 e. The third kappa shape index (κ3) is 1.45. The summed E-state index contributed by atoms with van der Waals surface area (Å²) in [5.74, 6) is 0. The molecule has 0 radical (unpaired) electrons. The zero-order chi connectivity index (χ0) is 10.1. The molecule has 1 nitrogen and oxygen atoms in total. The lowest BCUT2D eigenvalue weighted by Crippen LogP contribution is -1.85. The maximum absolute atomic E-state index is 8.97. The second kappa shape index (κ2) is 3.72. The van der Waals surface area contributed by atoms with Crippen LogP contribution in [-0.4, -0.2) is 0 Å². The Morgan fingerprint density at radius 2 is 2.29 bits per heavy atom. The van der Waals surface area contributed by atoms with Gasteiger partial charge in [0.25, 0.3) is 0 Å². The van der Waals surface area contributed by atoms with Crippen molar-refractivity contribution >= 4 is 37.4 Å². The van der Waals surface area contributed by atoms with E-state index in [2.05, 4.69) is 40.4 Å². The van der Waals surface area contributed by atoms with Crippen LogP contribution in [0.5, 0.6) is 0 Å². The third-order valence-electron chi connectivity index (χ3n) is 2.26. The summed E-state index contributed by atoms with van der Waals surface area (Å²) < 4.78 is 1.26. The number of benzene rings is 1. The van der Waals surface area contributed by atoms with Gasteiger partial charge in [-0.1, -0.05) is 15.9 Å². The third-order valence-corrected chi connectivity index (χ3v) is 3.92. The number of halogens is 1. The van der Waals surface area contributed by atoms with Crippen LogP contribution >= 0.6 is 27.3 Å². The van der Waals surface area contributed by atoms with Crippen LogP contribution in [-0.2, 0) is 5.33 Å². The molecule has 0 saturated heterocycles. The van der Waals surface area contributed by atoms with Crippen LogP contribution in [0.25, 0.3) is 10.1 Å². The Morgan fingerprint density at radius 1 is 1.50 bits per heavy atom. The monoisotopic (exact) mass is 265 g/mol. The second-order valence-corrected chi connectivity index (χ2v) is 4.64. The van der Waals surface area contributed by atoms with E-state index in [9.17, 15) is 0 Å². The number of aryl methyl sites for hydroxylation is 1. The fraction of sp³-hybridized carbons (Fsp3) is 0.182. The highest BCUT2D eigenvalue weighted by molar-refractivity contribution is 9.08. The second-order valence-electron chi connectivity index (χ2n) is 3.17. The van der Waals surface area contributed by atoms with Gasteiger partial charge in [-0.25, -0.2) is 0 Å². The number of nitrogens with zero attached hydrogens (tertiary/aromatic N) is 1. The highest BCUT2D eigenvalue weighted by Gasteiger charge is 2.06. The van der Waals surface area contributed by atoms with E-state index < -0.39 is 0 Å². The van der Waals surface area contributed by atoms with E-state index in [1.165, 1.54) is 15.6 Å². The van der Waals surface area contributed by atoms with Gasteiger partial charge in [-0.2, -0.15) is 5.26 Å². The maximum atomic E-state index is 8.97. The molecule has 0 fully saturated rings. The molecule has 2 aromatic rings. The molecule has 0 aliphatic carbocycles. The van der Waals surface area contributed by atoms with Crippen LogP contribution in [0, 0.1) is 18.3 Å². The van der Waals surface area contributed by atoms with Crippen LogP contribution in [0.2, 0.25) is 0 Å². The van der Waals surface area contributed by atoms with Gasteiger partial charge in [-0.05, 0) is 40.9 Å². The topological polar surface area (TPSA) is 23.8 Å². The molecule has 0 unspecified atom stereocenters. The highest BCUT2D eigenvalue weighted by atomic mass is 79.9. The van der Waals surface area contributed by atoms with E-state index >= 15 is 0 Å². The van der Waals surface area contributed by atoms with Gasteiger partial charge in [0.2, 0.25) is 0 Å². The van der Waals surface area contributed by atoms with Crippen molar-refractivity contribution < 1.29 is 0 Å². The predicted molar refractivity (Wildman–Crippen MR) is 63.9 cm³/mol. The predicted octanol–water partition coefficient (Wildman–Crippen LogP) is 3.98. The van der Waals surface area contributed by atoms with Crippen molar-refractivity contribution in [2.45, 2.75) is 12.3 Å². The summed E-state index contributed by atoms with van der Waals surface area (Å²) in [7, 11) is 0. The Balaban J connectivity index is 2.79. The summed E-state index contributed by atoms with van der Waals surface area (Å²) in [6, 6.07) is 6.31. The molecule has 70 valence electrons. The minimum atomic E-state index is 0.739. The highest BCUT2D eigenvalue weighted by Crippen LogP contribution is 2.29. The zero-order valence-corrected chi connectivity index (χ0v) is 10.1. The van der Waals surface area contributed by atoms with Gasteiger partial charge in [-0.3, -0.25) is 0 Å². The van der Waals surface area contributed by atoms with E-state index in [1.54, 1.807) is 11.3 Å². The summed E-state index contributed by atoms with van der Waals surface area (Å²) in [6.07, 6.45) is 0. The largest absolute Gasteiger partial charge is 0.192 e. The molecule has 14 heavy (non-hydrogen) atoms. The van der Waals surface area contributed by atoms with Crippen molar-refractivity contribution in [3.8, 4) is 6.07 Å². The first kappa shape index (κ1) is 9.70. The zero-order valence-electron chi connectivity index (χ0n) is 7.67. The Hall–Kier alpha value is -0.850. The van der Waals surface area contributed by atoms with Gasteiger partial charge in [0.15, 0.2) is 0 Å². The lowest BCUT2D eigenvalue weighted by atomic mass is 10.1. The van der Waals surface area contributed by atoms with E-state index in [0.29, 0.717) is 0 Å². The first-order chi connectivity index (χ1) is 6.76. The molecule has 1 aromatic heterocycles. The van der Waals surface area contributed by atoms with Crippen LogP contribution < -0.4 is 0 Å². The van der Waals surface area contributed by atoms with Crippen molar-refractivity contribution in [3.05, 3.63) is 34.2 Å². The maximum Gasteiger partial charge on any atom is 0.0995 e. The molecular weight excluding hydrogens is 258 g/mol. The van der Waals surface area contributed by atoms with E-state index in [4.69, 9.17) is 5.26 Å². The van der Waals surface area contributed by atoms with Crippen LogP contribution in [0.15, 0.2) is 17.5 Å². The molecular formula is C11H8BrNS. The summed E-state index contributed by atoms with van der Waals surface area (Å²) in [5, 5.41) is 13.0. The molecule has 0 atom stereocenters. The number of thiophene rings is 1. The van der Waals surface area contributed by atoms with Gasteiger partial charge < -0.3 is 0 Å². The quantitative estimate of drug-likeness (QED) is 0.716. The molecule has 3 heteroatoms. The fourth-order valence-electron chi connectivity index (χ4n) is 1.46. The van der Waals surface area contributed by atoms with Gasteiger partial charge in [0, 0.05) is 10.0 Å². The Bertz CT molecular complexity index is 522. The summed E-state index contributed by atoms with van der Waals surface area (Å²) >= 11 is 5.13. The average Bonchev–Trinajstić information content (AvgIpc) is 2.58. The SMILES string of the molecule is Cc1csc2cc(CBr)c(C#N)cc12. The molecule has 0 spiro atoms. The first-order valence-corrected chi connectivity index (χ1v) is 6.23. The number of fused-ring (bicyclic) bond motifs is 1. The Morgan fingerprint density at radius 3 is 2.93 bits per heavy atom. The number of hydrogen-bond donors (Lipinski definition) is 0. The normalized spacial score (nSPS) is 10.4. The Labute approximate surface area is 95.1 Å². The van der Waals surface area contributed by atoms with E-state index in [-0.39, 0.29) is 0 Å². The van der Waals surface area contributed by atoms with Crippen molar-refractivity contribution in [2.75, 3.05) is 0 Å². The minimum absolute atomic E-state index is 0.739. The molecule has 0 amide bonds. The smallest absolute Gasteiger partial charge is 0.0995 e. The fourth-order valence-corrected chi connectivity index (χ4v) is 2.91. The standard InChI is InChI=1S/C11H8BrNS/c1-7-6-14-11-3-8(4-12)9(5-13)2-10(7)11/h2-3,6H,4H2,1H3. The number of nitriles is 1. The van der Waals surface area contributed by atoms with Gasteiger partial charge in [0.05, 0.1) is 11.6 Å². The molecule has 0 aliphatic heterocycles. The summed E-state index contributed by atoms with van der Waals surface area (Å²) in [5.41, 5.74) is 3.10. The van der Waals surface area contributed by atoms with Crippen molar-refractivity contribution in [1.29, 1.82) is 5.26 Å². The molecule has 0 N–H and O–H groups in total. The van der Waals surface area contributed by atoms with Crippen LogP contribution in [0.3, 0.4) is 0 Å². The van der Waals surface area contributed by atoms with Crippen molar-refractivity contribution in [3.63, 3.8) is 0 Å². The Kier molecular flexibility index (Phi) is 2.58. The van der Waals surface area contributed by atoms with Gasteiger partial charge >= 0.3 is 0 Å². The van der Waals surface area contributed by atoms with Crippen LogP contribution in [0.1, 0.15) is 16.7 Å².